The number of ether oxygens (including phenoxy) is 3. The second-order valence-electron chi connectivity index (χ2n) is 5.11. The van der Waals surface area contributed by atoms with E-state index in [0.717, 1.165) is 12.3 Å². The van der Waals surface area contributed by atoms with Crippen LogP contribution in [0.4, 0.5) is 5.69 Å². The van der Waals surface area contributed by atoms with Crippen molar-refractivity contribution in [3.05, 3.63) is 51.6 Å². The maximum atomic E-state index is 12.1. The molecular formula is C16H13N3O7. The number of methoxy groups -OCH3 is 1. The highest BCUT2D eigenvalue weighted by molar-refractivity contribution is 5.96. The van der Waals surface area contributed by atoms with Gasteiger partial charge in [-0.25, -0.2) is 5.43 Å². The number of rotatable bonds is 5. The van der Waals surface area contributed by atoms with Crippen molar-refractivity contribution in [2.75, 3.05) is 13.9 Å². The molecule has 0 bridgehead atoms. The molecule has 3 rings (SSSR count). The van der Waals surface area contributed by atoms with Crippen molar-refractivity contribution < 1.29 is 29.0 Å². The summed E-state index contributed by atoms with van der Waals surface area (Å²) in [7, 11) is 1.33. The fourth-order valence-electron chi connectivity index (χ4n) is 2.23. The zero-order valence-electron chi connectivity index (χ0n) is 13.5. The predicted molar refractivity (Wildman–Crippen MR) is 88.9 cm³/mol. The fraction of sp³-hybridized carbons (Fsp3) is 0.125. The summed E-state index contributed by atoms with van der Waals surface area (Å²) in [6.07, 6.45) is 1.08. The van der Waals surface area contributed by atoms with Crippen LogP contribution in [0.5, 0.6) is 23.0 Å². The minimum atomic E-state index is -0.750. The Morgan fingerprint density at radius 2 is 2.12 bits per heavy atom. The van der Waals surface area contributed by atoms with Gasteiger partial charge in [0.1, 0.15) is 5.75 Å². The molecule has 0 atom stereocenters. The third-order valence-electron chi connectivity index (χ3n) is 3.53. The van der Waals surface area contributed by atoms with Crippen molar-refractivity contribution in [2.24, 2.45) is 5.10 Å². The molecule has 0 unspecified atom stereocenters. The largest absolute Gasteiger partial charge is 0.502 e. The summed E-state index contributed by atoms with van der Waals surface area (Å²) in [6.45, 7) is 0.0897. The summed E-state index contributed by atoms with van der Waals surface area (Å²) in [4.78, 5) is 22.3. The van der Waals surface area contributed by atoms with E-state index in [2.05, 4.69) is 10.5 Å². The molecule has 2 aromatic carbocycles. The number of nitrogens with one attached hydrogen (secondary N) is 1. The normalized spacial score (nSPS) is 12.2. The Kier molecular flexibility index (Phi) is 4.56. The first-order valence-electron chi connectivity index (χ1n) is 7.28. The van der Waals surface area contributed by atoms with Gasteiger partial charge in [0.15, 0.2) is 11.5 Å². The molecule has 1 aliphatic heterocycles. The van der Waals surface area contributed by atoms with E-state index in [4.69, 9.17) is 14.2 Å². The molecule has 1 heterocycles. The minimum absolute atomic E-state index is 0.0158. The van der Waals surface area contributed by atoms with Gasteiger partial charge in [0.2, 0.25) is 12.5 Å². The van der Waals surface area contributed by atoms with Crippen molar-refractivity contribution in [3.8, 4) is 23.0 Å². The molecular weight excluding hydrogens is 346 g/mol. The molecule has 2 aromatic rings. The summed E-state index contributed by atoms with van der Waals surface area (Å²) in [5.74, 6) is 0.0349. The number of fused-ring (bicyclic) bond motifs is 1. The highest BCUT2D eigenvalue weighted by Gasteiger charge is 2.19. The molecule has 1 aliphatic rings. The molecule has 26 heavy (non-hydrogen) atoms. The first kappa shape index (κ1) is 17.0. The fourth-order valence-corrected chi connectivity index (χ4v) is 2.23. The number of benzene rings is 2. The number of hydrazone groups is 1. The lowest BCUT2D eigenvalue weighted by Crippen LogP contribution is -2.17. The van der Waals surface area contributed by atoms with Crippen LogP contribution >= 0.6 is 0 Å². The number of nitrogens with zero attached hydrogens (tertiary/aromatic N) is 2. The van der Waals surface area contributed by atoms with Crippen molar-refractivity contribution in [1.82, 2.24) is 5.43 Å². The van der Waals surface area contributed by atoms with Crippen molar-refractivity contribution in [1.29, 1.82) is 0 Å². The van der Waals surface area contributed by atoms with Gasteiger partial charge in [-0.3, -0.25) is 14.9 Å². The van der Waals surface area contributed by atoms with Crippen LogP contribution in [-0.4, -0.2) is 36.1 Å². The summed E-state index contributed by atoms with van der Waals surface area (Å²) >= 11 is 0. The summed E-state index contributed by atoms with van der Waals surface area (Å²) in [5, 5.41) is 24.6. The maximum absolute atomic E-state index is 12.1. The lowest BCUT2D eigenvalue weighted by molar-refractivity contribution is -0.385. The van der Waals surface area contributed by atoms with Crippen LogP contribution in [0.25, 0.3) is 0 Å². The van der Waals surface area contributed by atoms with Gasteiger partial charge in [-0.1, -0.05) is 0 Å². The summed E-state index contributed by atoms with van der Waals surface area (Å²) in [5.41, 5.74) is 2.03. The van der Waals surface area contributed by atoms with E-state index in [1.165, 1.54) is 25.3 Å². The highest BCUT2D eigenvalue weighted by Crippen LogP contribution is 2.34. The number of phenols is 1. The number of hydrogen-bond acceptors (Lipinski definition) is 8. The first-order chi connectivity index (χ1) is 12.5. The SMILES string of the molecule is COc1cc(/C=N\NC(=O)c2ccc3c(c2)OCO3)c(O)c([N+](=O)[O-])c1. The maximum Gasteiger partial charge on any atom is 0.315 e. The number of amides is 1. The van der Waals surface area contributed by atoms with Gasteiger partial charge >= 0.3 is 5.69 Å². The molecule has 0 radical (unpaired) electrons. The number of nitro benzene ring substituents is 1. The number of hydrogen-bond donors (Lipinski definition) is 2. The van der Waals surface area contributed by atoms with Gasteiger partial charge in [0.05, 0.1) is 24.3 Å². The van der Waals surface area contributed by atoms with Crippen LogP contribution in [0.3, 0.4) is 0 Å². The molecule has 1 amide bonds. The van der Waals surface area contributed by atoms with E-state index in [9.17, 15) is 20.0 Å². The average molecular weight is 359 g/mol. The molecule has 10 nitrogen and oxygen atoms in total. The second-order valence-corrected chi connectivity index (χ2v) is 5.11. The second kappa shape index (κ2) is 6.97. The van der Waals surface area contributed by atoms with Crippen LogP contribution in [0.15, 0.2) is 35.4 Å². The number of aromatic hydroxyl groups is 1. The van der Waals surface area contributed by atoms with E-state index in [0.29, 0.717) is 11.5 Å². The van der Waals surface area contributed by atoms with Gasteiger partial charge in [0.25, 0.3) is 5.91 Å². The molecule has 2 N–H and O–H groups in total. The standard InChI is InChI=1S/C16H13N3O7/c1-24-11-4-10(15(20)12(6-11)19(22)23)7-17-18-16(21)9-2-3-13-14(5-9)26-8-25-13/h2-7,20H,8H2,1H3,(H,18,21)/b17-7-. The van der Waals surface area contributed by atoms with Gasteiger partial charge in [-0.15, -0.1) is 0 Å². The number of carbonyl (C=O) groups excluding carboxylic acids is 1. The first-order valence-corrected chi connectivity index (χ1v) is 7.28. The van der Waals surface area contributed by atoms with E-state index >= 15 is 0 Å². The Hall–Kier alpha value is -3.82. The molecule has 0 spiro atoms. The Morgan fingerprint density at radius 3 is 2.85 bits per heavy atom. The van der Waals surface area contributed by atoms with Gasteiger partial charge in [-0.05, 0) is 24.3 Å². The minimum Gasteiger partial charge on any atom is -0.502 e. The van der Waals surface area contributed by atoms with E-state index in [-0.39, 0.29) is 23.7 Å². The van der Waals surface area contributed by atoms with Crippen molar-refractivity contribution in [3.63, 3.8) is 0 Å². The quantitative estimate of drug-likeness (QED) is 0.472. The highest BCUT2D eigenvalue weighted by atomic mass is 16.7. The average Bonchev–Trinajstić information content (AvgIpc) is 3.10. The molecule has 0 aliphatic carbocycles. The molecule has 134 valence electrons. The Bertz CT molecular complexity index is 911. The van der Waals surface area contributed by atoms with Crippen LogP contribution in [0, 0.1) is 10.1 Å². The monoisotopic (exact) mass is 359 g/mol. The van der Waals surface area contributed by atoms with E-state index < -0.39 is 22.3 Å². The zero-order valence-corrected chi connectivity index (χ0v) is 13.5. The summed E-state index contributed by atoms with van der Waals surface area (Å²) in [6, 6.07) is 7.06. The van der Waals surface area contributed by atoms with Crippen molar-refractivity contribution in [2.45, 2.75) is 0 Å². The van der Waals surface area contributed by atoms with Gasteiger partial charge in [-0.2, -0.15) is 5.10 Å². The topological polar surface area (TPSA) is 133 Å². The molecule has 0 aromatic heterocycles. The van der Waals surface area contributed by atoms with Crippen molar-refractivity contribution >= 4 is 17.8 Å². The van der Waals surface area contributed by atoms with E-state index in [1.807, 2.05) is 0 Å². The lowest BCUT2D eigenvalue weighted by atomic mass is 10.1. The van der Waals surface area contributed by atoms with Gasteiger partial charge < -0.3 is 19.3 Å². The molecule has 10 heteroatoms. The van der Waals surface area contributed by atoms with Gasteiger partial charge in [0, 0.05) is 11.1 Å². The molecule has 0 saturated heterocycles. The van der Waals surface area contributed by atoms with Crippen LogP contribution in [-0.2, 0) is 0 Å². The zero-order chi connectivity index (χ0) is 18.7. The third kappa shape index (κ3) is 3.34. The van der Waals surface area contributed by atoms with Crippen LogP contribution in [0.1, 0.15) is 15.9 Å². The Labute approximate surface area is 146 Å². The Morgan fingerprint density at radius 1 is 1.35 bits per heavy atom. The summed E-state index contributed by atoms with van der Waals surface area (Å²) < 4.78 is 15.3. The van der Waals surface area contributed by atoms with E-state index in [1.54, 1.807) is 6.07 Å². The predicted octanol–water partition coefficient (Wildman–Crippen LogP) is 1.80. The smallest absolute Gasteiger partial charge is 0.315 e. The lowest BCUT2D eigenvalue weighted by Gasteiger charge is -2.05. The molecule has 0 saturated carbocycles. The number of nitro groups is 1. The number of carbonyl (C=O) groups is 1. The van der Waals surface area contributed by atoms with Crippen LogP contribution < -0.4 is 19.6 Å². The Balaban J connectivity index is 1.77. The molecule has 0 fully saturated rings. The number of phenolic OH excluding ortho intramolecular Hbond substituents is 1. The third-order valence-corrected chi connectivity index (χ3v) is 3.53. The van der Waals surface area contributed by atoms with Crippen LogP contribution in [0.2, 0.25) is 0 Å².